The molecule has 0 saturated heterocycles. The quantitative estimate of drug-likeness (QED) is 0.832. The van der Waals surface area contributed by atoms with Gasteiger partial charge >= 0.3 is 0 Å². The number of aryl methyl sites for hydroxylation is 2. The van der Waals surface area contributed by atoms with Crippen LogP contribution in [-0.2, 0) is 0 Å². The molecule has 0 aliphatic rings. The molecule has 0 aliphatic carbocycles. The van der Waals surface area contributed by atoms with Crippen molar-refractivity contribution in [2.45, 2.75) is 13.8 Å². The van der Waals surface area contributed by atoms with Gasteiger partial charge in [0.25, 0.3) is 0 Å². The lowest BCUT2D eigenvalue weighted by Crippen LogP contribution is -1.99. The molecular formula is C12H14N4. The van der Waals surface area contributed by atoms with Crippen LogP contribution in [0.3, 0.4) is 0 Å². The standard InChI is InChI=1S/C12H14N4/c1-8-4-5-14-10(6-8)12-15-9(2)7-11(13-3)16-12/h4-7H,1-3H3,(H,13,15,16). The van der Waals surface area contributed by atoms with Crippen LogP contribution in [-0.4, -0.2) is 22.0 Å². The number of hydrogen-bond donors (Lipinski definition) is 1. The van der Waals surface area contributed by atoms with Crippen LogP contribution >= 0.6 is 0 Å². The molecule has 0 amide bonds. The summed E-state index contributed by atoms with van der Waals surface area (Å²) >= 11 is 0. The Morgan fingerprint density at radius 3 is 2.62 bits per heavy atom. The van der Waals surface area contributed by atoms with Gasteiger partial charge in [-0.25, -0.2) is 9.97 Å². The van der Waals surface area contributed by atoms with Crippen molar-refractivity contribution in [3.63, 3.8) is 0 Å². The highest BCUT2D eigenvalue weighted by Crippen LogP contribution is 2.16. The summed E-state index contributed by atoms with van der Waals surface area (Å²) in [5.74, 6) is 1.47. The molecule has 0 saturated carbocycles. The molecule has 4 heteroatoms. The highest BCUT2D eigenvalue weighted by molar-refractivity contribution is 5.53. The summed E-state index contributed by atoms with van der Waals surface area (Å²) in [5, 5.41) is 3.01. The van der Waals surface area contributed by atoms with Crippen LogP contribution in [0.5, 0.6) is 0 Å². The van der Waals surface area contributed by atoms with Crippen molar-refractivity contribution >= 4 is 5.82 Å². The number of nitrogens with zero attached hydrogens (tertiary/aromatic N) is 3. The smallest absolute Gasteiger partial charge is 0.180 e. The van der Waals surface area contributed by atoms with Crippen LogP contribution in [0.1, 0.15) is 11.3 Å². The van der Waals surface area contributed by atoms with Gasteiger partial charge in [0, 0.05) is 25.0 Å². The fourth-order valence-corrected chi connectivity index (χ4v) is 1.47. The highest BCUT2D eigenvalue weighted by Gasteiger charge is 2.05. The molecule has 16 heavy (non-hydrogen) atoms. The largest absolute Gasteiger partial charge is 0.373 e. The first kappa shape index (κ1) is 10.5. The lowest BCUT2D eigenvalue weighted by atomic mass is 10.2. The van der Waals surface area contributed by atoms with E-state index in [4.69, 9.17) is 0 Å². The Bertz CT molecular complexity index is 508. The van der Waals surface area contributed by atoms with Crippen molar-refractivity contribution in [2.75, 3.05) is 12.4 Å². The van der Waals surface area contributed by atoms with Crippen LogP contribution < -0.4 is 5.32 Å². The summed E-state index contributed by atoms with van der Waals surface area (Å²) in [6, 6.07) is 5.84. The summed E-state index contributed by atoms with van der Waals surface area (Å²) < 4.78 is 0. The van der Waals surface area contributed by atoms with Gasteiger partial charge < -0.3 is 5.32 Å². The third kappa shape index (κ3) is 2.16. The predicted octanol–water partition coefficient (Wildman–Crippen LogP) is 2.20. The first-order valence-corrected chi connectivity index (χ1v) is 5.15. The van der Waals surface area contributed by atoms with Gasteiger partial charge in [-0.3, -0.25) is 4.98 Å². The molecular weight excluding hydrogens is 200 g/mol. The maximum atomic E-state index is 4.38. The Hall–Kier alpha value is -1.97. The molecule has 0 atom stereocenters. The minimum atomic E-state index is 0.660. The molecule has 0 fully saturated rings. The Balaban J connectivity index is 2.51. The van der Waals surface area contributed by atoms with Crippen LogP contribution in [0.4, 0.5) is 5.82 Å². The number of nitrogens with one attached hydrogen (secondary N) is 1. The minimum absolute atomic E-state index is 0.660. The number of hydrogen-bond acceptors (Lipinski definition) is 4. The molecule has 0 unspecified atom stereocenters. The number of pyridine rings is 1. The molecule has 2 aromatic heterocycles. The Morgan fingerprint density at radius 1 is 1.12 bits per heavy atom. The molecule has 0 spiro atoms. The Kier molecular flexibility index (Phi) is 2.81. The van der Waals surface area contributed by atoms with E-state index in [1.807, 2.05) is 39.1 Å². The third-order valence-corrected chi connectivity index (χ3v) is 2.25. The van der Waals surface area contributed by atoms with E-state index in [1.165, 1.54) is 0 Å². The van der Waals surface area contributed by atoms with Gasteiger partial charge in [-0.05, 0) is 31.5 Å². The Labute approximate surface area is 94.8 Å². The van der Waals surface area contributed by atoms with Gasteiger partial charge in [-0.2, -0.15) is 0 Å². The fourth-order valence-electron chi connectivity index (χ4n) is 1.47. The van der Waals surface area contributed by atoms with E-state index in [2.05, 4.69) is 20.3 Å². The molecule has 0 aromatic carbocycles. The lowest BCUT2D eigenvalue weighted by Gasteiger charge is -2.05. The van der Waals surface area contributed by atoms with Gasteiger partial charge in [0.15, 0.2) is 5.82 Å². The molecule has 0 bridgehead atoms. The monoisotopic (exact) mass is 214 g/mol. The second kappa shape index (κ2) is 4.26. The summed E-state index contributed by atoms with van der Waals surface area (Å²) in [6.45, 7) is 3.97. The third-order valence-electron chi connectivity index (χ3n) is 2.25. The van der Waals surface area contributed by atoms with Gasteiger partial charge in [-0.1, -0.05) is 0 Å². The zero-order chi connectivity index (χ0) is 11.5. The molecule has 4 nitrogen and oxygen atoms in total. The lowest BCUT2D eigenvalue weighted by molar-refractivity contribution is 1.08. The van der Waals surface area contributed by atoms with Crippen LogP contribution in [0.25, 0.3) is 11.5 Å². The van der Waals surface area contributed by atoms with Crippen LogP contribution in [0, 0.1) is 13.8 Å². The number of rotatable bonds is 2. The highest BCUT2D eigenvalue weighted by atomic mass is 15.0. The fraction of sp³-hybridized carbons (Fsp3) is 0.250. The van der Waals surface area contributed by atoms with Gasteiger partial charge in [-0.15, -0.1) is 0 Å². The van der Waals surface area contributed by atoms with Gasteiger partial charge in [0.05, 0.1) is 0 Å². The first-order valence-electron chi connectivity index (χ1n) is 5.15. The molecule has 2 aromatic rings. The van der Waals surface area contributed by atoms with Crippen molar-refractivity contribution in [2.24, 2.45) is 0 Å². The first-order chi connectivity index (χ1) is 7.69. The van der Waals surface area contributed by atoms with Crippen LogP contribution in [0.2, 0.25) is 0 Å². The number of anilines is 1. The van der Waals surface area contributed by atoms with Crippen LogP contribution in [0.15, 0.2) is 24.4 Å². The molecule has 2 rings (SSSR count). The second-order valence-corrected chi connectivity index (χ2v) is 3.69. The SMILES string of the molecule is CNc1cc(C)nc(-c2cc(C)ccn2)n1. The van der Waals surface area contributed by atoms with E-state index in [1.54, 1.807) is 6.20 Å². The topological polar surface area (TPSA) is 50.7 Å². The zero-order valence-corrected chi connectivity index (χ0v) is 9.65. The van der Waals surface area contributed by atoms with Crippen molar-refractivity contribution in [3.05, 3.63) is 35.7 Å². The van der Waals surface area contributed by atoms with E-state index in [0.29, 0.717) is 5.82 Å². The Morgan fingerprint density at radius 2 is 1.94 bits per heavy atom. The van der Waals surface area contributed by atoms with E-state index >= 15 is 0 Å². The van der Waals surface area contributed by atoms with Crippen molar-refractivity contribution in [3.8, 4) is 11.5 Å². The maximum Gasteiger partial charge on any atom is 0.180 e. The maximum absolute atomic E-state index is 4.38. The normalized spacial score (nSPS) is 10.2. The van der Waals surface area contributed by atoms with E-state index < -0.39 is 0 Å². The van der Waals surface area contributed by atoms with E-state index in [9.17, 15) is 0 Å². The molecule has 0 aliphatic heterocycles. The average Bonchev–Trinajstić information content (AvgIpc) is 2.28. The molecule has 2 heterocycles. The van der Waals surface area contributed by atoms with Crippen molar-refractivity contribution in [1.82, 2.24) is 15.0 Å². The van der Waals surface area contributed by atoms with Crippen molar-refractivity contribution in [1.29, 1.82) is 0 Å². The summed E-state index contributed by atoms with van der Waals surface area (Å²) in [6.07, 6.45) is 1.77. The van der Waals surface area contributed by atoms with Crippen molar-refractivity contribution < 1.29 is 0 Å². The van der Waals surface area contributed by atoms with E-state index in [0.717, 1.165) is 22.8 Å². The average molecular weight is 214 g/mol. The number of aromatic nitrogens is 3. The zero-order valence-electron chi connectivity index (χ0n) is 9.65. The second-order valence-electron chi connectivity index (χ2n) is 3.69. The minimum Gasteiger partial charge on any atom is -0.373 e. The molecule has 0 radical (unpaired) electrons. The molecule has 82 valence electrons. The van der Waals surface area contributed by atoms with Gasteiger partial charge in [0.1, 0.15) is 11.5 Å². The predicted molar refractivity (Wildman–Crippen MR) is 64.3 cm³/mol. The summed E-state index contributed by atoms with van der Waals surface area (Å²) in [7, 11) is 1.84. The molecule has 1 N–H and O–H groups in total. The summed E-state index contributed by atoms with van der Waals surface area (Å²) in [5.41, 5.74) is 2.89. The van der Waals surface area contributed by atoms with E-state index in [-0.39, 0.29) is 0 Å². The summed E-state index contributed by atoms with van der Waals surface area (Å²) in [4.78, 5) is 13.0. The van der Waals surface area contributed by atoms with Gasteiger partial charge in [0.2, 0.25) is 0 Å².